The minimum atomic E-state index is -0.633. The first-order chi connectivity index (χ1) is 13.7. The van der Waals surface area contributed by atoms with E-state index in [-0.39, 0.29) is 11.8 Å². The van der Waals surface area contributed by atoms with E-state index >= 15 is 0 Å². The van der Waals surface area contributed by atoms with Crippen LogP contribution >= 0.6 is 0 Å². The molecule has 0 heterocycles. The molecule has 28 heavy (non-hydrogen) atoms. The number of carbonyl (C=O) groups is 2. The predicted molar refractivity (Wildman–Crippen MR) is 111 cm³/mol. The van der Waals surface area contributed by atoms with E-state index < -0.39 is 6.04 Å². The van der Waals surface area contributed by atoms with Crippen molar-refractivity contribution in [3.8, 4) is 0 Å². The van der Waals surface area contributed by atoms with Gasteiger partial charge in [0.05, 0.1) is 0 Å². The van der Waals surface area contributed by atoms with E-state index in [1.54, 1.807) is 24.3 Å². The fourth-order valence-electron chi connectivity index (χ4n) is 2.99. The number of hydrogen-bond donors (Lipinski definition) is 2. The molecule has 4 nitrogen and oxygen atoms in total. The van der Waals surface area contributed by atoms with Gasteiger partial charge in [0.1, 0.15) is 6.04 Å². The Hall–Kier alpha value is -3.40. The summed E-state index contributed by atoms with van der Waals surface area (Å²) in [5, 5.41) is 5.83. The molecule has 0 unspecified atom stereocenters. The number of carbonyl (C=O) groups excluding carboxylic acids is 2. The zero-order valence-electron chi connectivity index (χ0n) is 15.7. The molecule has 0 spiro atoms. The molecule has 2 amide bonds. The smallest absolute Gasteiger partial charge is 0.251 e. The van der Waals surface area contributed by atoms with Crippen LogP contribution in [0.2, 0.25) is 0 Å². The molecule has 3 aromatic rings. The first kappa shape index (κ1) is 19.4. The first-order valence-electron chi connectivity index (χ1n) is 9.44. The minimum absolute atomic E-state index is 0.177. The predicted octanol–water partition coefficient (Wildman–Crippen LogP) is 3.39. The van der Waals surface area contributed by atoms with Crippen molar-refractivity contribution in [2.45, 2.75) is 18.9 Å². The van der Waals surface area contributed by atoms with E-state index in [1.165, 1.54) is 0 Å². The van der Waals surface area contributed by atoms with Crippen LogP contribution in [0.1, 0.15) is 21.5 Å². The van der Waals surface area contributed by atoms with Crippen LogP contribution in [-0.4, -0.2) is 24.4 Å². The van der Waals surface area contributed by atoms with Crippen LogP contribution in [0.5, 0.6) is 0 Å². The van der Waals surface area contributed by atoms with Crippen molar-refractivity contribution in [2.75, 3.05) is 6.54 Å². The Morgan fingerprint density at radius 2 is 1.25 bits per heavy atom. The Morgan fingerprint density at radius 3 is 1.86 bits per heavy atom. The highest BCUT2D eigenvalue weighted by Crippen LogP contribution is 2.06. The van der Waals surface area contributed by atoms with Crippen molar-refractivity contribution in [1.29, 1.82) is 0 Å². The molecule has 0 aliphatic heterocycles. The van der Waals surface area contributed by atoms with Crippen LogP contribution < -0.4 is 10.6 Å². The summed E-state index contributed by atoms with van der Waals surface area (Å²) in [5.41, 5.74) is 2.70. The highest BCUT2D eigenvalue weighted by Gasteiger charge is 2.21. The molecule has 0 aliphatic rings. The van der Waals surface area contributed by atoms with E-state index in [0.29, 0.717) is 18.5 Å². The SMILES string of the molecule is O=C(N[C@H](Cc1ccccc1)C(=O)NCCc1ccccc1)c1ccccc1. The summed E-state index contributed by atoms with van der Waals surface area (Å²) in [5.74, 6) is -0.427. The van der Waals surface area contributed by atoms with Gasteiger partial charge in [-0.1, -0.05) is 78.9 Å². The molecule has 0 saturated carbocycles. The van der Waals surface area contributed by atoms with Crippen molar-refractivity contribution in [3.63, 3.8) is 0 Å². The number of hydrogen-bond acceptors (Lipinski definition) is 2. The maximum Gasteiger partial charge on any atom is 0.251 e. The molecule has 0 fully saturated rings. The van der Waals surface area contributed by atoms with Gasteiger partial charge in [0.2, 0.25) is 5.91 Å². The van der Waals surface area contributed by atoms with Crippen LogP contribution in [0.4, 0.5) is 0 Å². The summed E-state index contributed by atoms with van der Waals surface area (Å²) in [4.78, 5) is 25.3. The summed E-state index contributed by atoms with van der Waals surface area (Å²) in [6.45, 7) is 0.523. The van der Waals surface area contributed by atoms with E-state index in [9.17, 15) is 9.59 Å². The molecule has 1 atom stereocenters. The lowest BCUT2D eigenvalue weighted by molar-refractivity contribution is -0.122. The Kier molecular flexibility index (Phi) is 6.96. The molecule has 3 rings (SSSR count). The van der Waals surface area contributed by atoms with Crippen LogP contribution in [0.15, 0.2) is 91.0 Å². The van der Waals surface area contributed by atoms with Crippen molar-refractivity contribution in [1.82, 2.24) is 10.6 Å². The number of amides is 2. The Balaban J connectivity index is 1.64. The normalized spacial score (nSPS) is 11.4. The van der Waals surface area contributed by atoms with Gasteiger partial charge in [0.15, 0.2) is 0 Å². The Bertz CT molecular complexity index is 880. The van der Waals surface area contributed by atoms with E-state index in [0.717, 1.165) is 17.5 Å². The van der Waals surface area contributed by atoms with Crippen LogP contribution in [0.3, 0.4) is 0 Å². The lowest BCUT2D eigenvalue weighted by atomic mass is 10.0. The van der Waals surface area contributed by atoms with Crippen molar-refractivity contribution >= 4 is 11.8 Å². The summed E-state index contributed by atoms with van der Waals surface area (Å²) in [6, 6.07) is 28.0. The summed E-state index contributed by atoms with van der Waals surface area (Å²) < 4.78 is 0. The number of nitrogens with one attached hydrogen (secondary N) is 2. The van der Waals surface area contributed by atoms with Gasteiger partial charge in [-0.3, -0.25) is 9.59 Å². The minimum Gasteiger partial charge on any atom is -0.354 e. The maximum absolute atomic E-state index is 12.8. The zero-order valence-corrected chi connectivity index (χ0v) is 15.7. The molecule has 4 heteroatoms. The molecule has 0 aromatic heterocycles. The second-order valence-corrected chi connectivity index (χ2v) is 6.61. The van der Waals surface area contributed by atoms with Gasteiger partial charge in [-0.25, -0.2) is 0 Å². The van der Waals surface area contributed by atoms with E-state index in [1.807, 2.05) is 66.7 Å². The van der Waals surface area contributed by atoms with Crippen molar-refractivity contribution < 1.29 is 9.59 Å². The van der Waals surface area contributed by atoms with Gasteiger partial charge in [-0.2, -0.15) is 0 Å². The molecular formula is C24H24N2O2. The summed E-state index contributed by atoms with van der Waals surface area (Å²) in [6.07, 6.45) is 1.19. The van der Waals surface area contributed by atoms with Gasteiger partial charge in [0, 0.05) is 18.5 Å². The van der Waals surface area contributed by atoms with Gasteiger partial charge in [-0.15, -0.1) is 0 Å². The monoisotopic (exact) mass is 372 g/mol. The van der Waals surface area contributed by atoms with Gasteiger partial charge < -0.3 is 10.6 Å². The lowest BCUT2D eigenvalue weighted by Gasteiger charge is -2.19. The molecular weight excluding hydrogens is 348 g/mol. The van der Waals surface area contributed by atoms with Crippen LogP contribution in [0.25, 0.3) is 0 Å². The second-order valence-electron chi connectivity index (χ2n) is 6.61. The number of benzene rings is 3. The third-order valence-electron chi connectivity index (χ3n) is 4.50. The second kappa shape index (κ2) is 10.1. The van der Waals surface area contributed by atoms with Crippen LogP contribution in [0, 0.1) is 0 Å². The highest BCUT2D eigenvalue weighted by atomic mass is 16.2. The maximum atomic E-state index is 12.8. The third kappa shape index (κ3) is 5.81. The van der Waals surface area contributed by atoms with E-state index in [4.69, 9.17) is 0 Å². The Morgan fingerprint density at radius 1 is 0.714 bits per heavy atom. The fourth-order valence-corrected chi connectivity index (χ4v) is 2.99. The van der Waals surface area contributed by atoms with Gasteiger partial charge >= 0.3 is 0 Å². The molecule has 0 saturated heterocycles. The fraction of sp³-hybridized carbons (Fsp3) is 0.167. The van der Waals surface area contributed by atoms with Gasteiger partial charge in [-0.05, 0) is 29.7 Å². The van der Waals surface area contributed by atoms with Crippen LogP contribution in [-0.2, 0) is 17.6 Å². The quantitative estimate of drug-likeness (QED) is 0.637. The Labute approximate surface area is 165 Å². The zero-order chi connectivity index (χ0) is 19.6. The average molecular weight is 372 g/mol. The first-order valence-corrected chi connectivity index (χ1v) is 9.44. The largest absolute Gasteiger partial charge is 0.354 e. The molecule has 2 N–H and O–H groups in total. The molecule has 0 bridgehead atoms. The number of rotatable bonds is 8. The molecule has 0 radical (unpaired) electrons. The third-order valence-corrected chi connectivity index (χ3v) is 4.50. The van der Waals surface area contributed by atoms with E-state index in [2.05, 4.69) is 10.6 Å². The summed E-state index contributed by atoms with van der Waals surface area (Å²) in [7, 11) is 0. The van der Waals surface area contributed by atoms with Crippen molar-refractivity contribution in [3.05, 3.63) is 108 Å². The summed E-state index contributed by atoms with van der Waals surface area (Å²) >= 11 is 0. The molecule has 142 valence electrons. The molecule has 3 aromatic carbocycles. The molecule has 0 aliphatic carbocycles. The standard InChI is InChI=1S/C24H24N2O2/c27-23(21-14-8-3-9-15-21)26-22(18-20-12-6-2-7-13-20)24(28)25-17-16-19-10-4-1-5-11-19/h1-15,22H,16-18H2,(H,25,28)(H,26,27)/t22-/m1/s1. The lowest BCUT2D eigenvalue weighted by Crippen LogP contribution is -2.48. The van der Waals surface area contributed by atoms with Crippen molar-refractivity contribution in [2.24, 2.45) is 0 Å². The van der Waals surface area contributed by atoms with Gasteiger partial charge in [0.25, 0.3) is 5.91 Å². The topological polar surface area (TPSA) is 58.2 Å². The highest BCUT2D eigenvalue weighted by molar-refractivity contribution is 5.97. The average Bonchev–Trinajstić information content (AvgIpc) is 2.75.